The Morgan fingerprint density at radius 1 is 1.24 bits per heavy atom. The molecule has 0 radical (unpaired) electrons. The van der Waals surface area contributed by atoms with Crippen LogP contribution in [0.1, 0.15) is 31.4 Å². The monoisotopic (exact) mass is 472 g/mol. The number of carbonyl (C=O) groups is 1. The van der Waals surface area contributed by atoms with E-state index in [4.69, 9.17) is 9.47 Å². The smallest absolute Gasteiger partial charge is 0.227 e. The first-order chi connectivity index (χ1) is 15.7. The highest BCUT2D eigenvalue weighted by Gasteiger charge is 2.31. The largest absolute Gasteiger partial charge is 0.494 e. The zero-order chi connectivity index (χ0) is 23.8. The molecule has 2 aromatic carbocycles. The van der Waals surface area contributed by atoms with Crippen molar-refractivity contribution in [3.63, 3.8) is 0 Å². The minimum absolute atomic E-state index is 0.0127. The van der Waals surface area contributed by atoms with E-state index in [1.54, 1.807) is 36.5 Å². The molecule has 1 unspecified atom stereocenters. The normalized spacial score (nSPS) is 14.8. The van der Waals surface area contributed by atoms with Crippen LogP contribution in [0.2, 0.25) is 0 Å². The Hall–Kier alpha value is -3.20. The number of sulfone groups is 1. The Bertz CT molecular complexity index is 1290. The summed E-state index contributed by atoms with van der Waals surface area (Å²) in [5.74, 6) is 0.621. The van der Waals surface area contributed by atoms with E-state index in [-0.39, 0.29) is 23.5 Å². The fourth-order valence-corrected chi connectivity index (χ4v) is 4.91. The molecule has 1 heterocycles. The molecule has 1 aliphatic carbocycles. The molecule has 4 rings (SSSR count). The molecule has 0 spiro atoms. The Morgan fingerprint density at radius 3 is 2.64 bits per heavy atom. The van der Waals surface area contributed by atoms with Gasteiger partial charge < -0.3 is 24.5 Å². The van der Waals surface area contributed by atoms with Gasteiger partial charge in [-0.2, -0.15) is 0 Å². The van der Waals surface area contributed by atoms with E-state index in [0.717, 1.165) is 19.1 Å². The number of fused-ring (bicyclic) bond motifs is 1. The second-order valence-electron chi connectivity index (χ2n) is 8.34. The molecule has 33 heavy (non-hydrogen) atoms. The molecule has 3 aromatic rings. The fourth-order valence-electron chi connectivity index (χ4n) is 3.98. The third-order valence-electron chi connectivity index (χ3n) is 5.72. The van der Waals surface area contributed by atoms with Gasteiger partial charge in [0.25, 0.3) is 0 Å². The first-order valence-electron chi connectivity index (χ1n) is 10.8. The number of carbonyl (C=O) groups excluding carboxylic acids is 1. The highest BCUT2D eigenvalue weighted by atomic mass is 32.2. The third kappa shape index (κ3) is 4.93. The lowest BCUT2D eigenvalue weighted by Gasteiger charge is -2.21. The maximum absolute atomic E-state index is 12.3. The Balaban J connectivity index is 1.83. The quantitative estimate of drug-likeness (QED) is 0.491. The molecule has 9 heteroatoms. The first kappa shape index (κ1) is 23.0. The van der Waals surface area contributed by atoms with Gasteiger partial charge in [0, 0.05) is 23.8 Å². The molecule has 1 aliphatic rings. The summed E-state index contributed by atoms with van der Waals surface area (Å²) in [4.78, 5) is 12.3. The van der Waals surface area contributed by atoms with Crippen LogP contribution in [-0.2, 0) is 14.6 Å². The summed E-state index contributed by atoms with van der Waals surface area (Å²) in [6.07, 6.45) is 4.60. The molecule has 0 bridgehead atoms. The van der Waals surface area contributed by atoms with Gasteiger partial charge in [0.15, 0.2) is 11.5 Å². The van der Waals surface area contributed by atoms with Crippen molar-refractivity contribution in [2.45, 2.75) is 25.8 Å². The second kappa shape index (κ2) is 8.97. The Morgan fingerprint density at radius 2 is 2.00 bits per heavy atom. The summed E-state index contributed by atoms with van der Waals surface area (Å²) in [7, 11) is -1.89. The lowest BCUT2D eigenvalue weighted by molar-refractivity contribution is -0.117. The zero-order valence-electron chi connectivity index (χ0n) is 18.9. The minimum Gasteiger partial charge on any atom is -0.494 e. The van der Waals surface area contributed by atoms with Crippen LogP contribution in [0.25, 0.3) is 10.8 Å². The van der Waals surface area contributed by atoms with E-state index in [1.807, 2.05) is 13.0 Å². The summed E-state index contributed by atoms with van der Waals surface area (Å²) < 4.78 is 37.2. The number of benzene rings is 2. The summed E-state index contributed by atoms with van der Waals surface area (Å²) in [6, 6.07) is 9.84. The molecule has 1 fully saturated rings. The molecule has 176 valence electrons. The molecule has 1 aromatic heterocycles. The molecule has 2 N–H and O–H groups in total. The van der Waals surface area contributed by atoms with Crippen molar-refractivity contribution in [3.8, 4) is 17.4 Å². The van der Waals surface area contributed by atoms with E-state index in [0.29, 0.717) is 40.1 Å². The summed E-state index contributed by atoms with van der Waals surface area (Å²) >= 11 is 0. The minimum atomic E-state index is -3.42. The number of nitrogens with one attached hydrogen (secondary N) is 1. The van der Waals surface area contributed by atoms with Gasteiger partial charge in [-0.15, -0.1) is 0 Å². The number of nitrogens with zero attached hydrogens (tertiary/aromatic N) is 1. The van der Waals surface area contributed by atoms with Crippen molar-refractivity contribution in [1.29, 1.82) is 0 Å². The van der Waals surface area contributed by atoms with Gasteiger partial charge in [-0.25, -0.2) is 8.42 Å². The molecule has 0 aliphatic heterocycles. The summed E-state index contributed by atoms with van der Waals surface area (Å²) in [5, 5.41) is 15.3. The van der Waals surface area contributed by atoms with E-state index in [1.165, 1.54) is 11.7 Å². The van der Waals surface area contributed by atoms with Crippen molar-refractivity contribution in [1.82, 2.24) is 4.57 Å². The van der Waals surface area contributed by atoms with Crippen LogP contribution in [0.4, 0.5) is 5.69 Å². The van der Waals surface area contributed by atoms with Gasteiger partial charge in [0.05, 0.1) is 36.6 Å². The second-order valence-corrected chi connectivity index (χ2v) is 10.5. The highest BCUT2D eigenvalue weighted by molar-refractivity contribution is 7.90. The number of aromatic hydroxyl groups is 1. The molecular weight excluding hydrogens is 444 g/mol. The number of anilines is 1. The van der Waals surface area contributed by atoms with Crippen LogP contribution in [0, 0.1) is 5.92 Å². The summed E-state index contributed by atoms with van der Waals surface area (Å²) in [5.41, 5.74) is 1.15. The maximum atomic E-state index is 12.3. The van der Waals surface area contributed by atoms with Crippen molar-refractivity contribution in [3.05, 3.63) is 48.2 Å². The van der Waals surface area contributed by atoms with E-state index in [9.17, 15) is 18.3 Å². The number of hydrogen-bond acceptors (Lipinski definition) is 6. The summed E-state index contributed by atoms with van der Waals surface area (Å²) in [6.45, 7) is 2.27. The zero-order valence-corrected chi connectivity index (χ0v) is 19.7. The van der Waals surface area contributed by atoms with Crippen molar-refractivity contribution in [2.24, 2.45) is 5.92 Å². The molecular formula is C24H28N2O6S. The van der Waals surface area contributed by atoms with Gasteiger partial charge in [0.2, 0.25) is 11.8 Å². The van der Waals surface area contributed by atoms with Crippen LogP contribution in [0.15, 0.2) is 42.6 Å². The Labute approximate surface area is 193 Å². The standard InChI is InChI=1S/C24H28N2O6S/c1-4-32-21-12-16(10-11-20(21)31-2)19(14-33(3,29)30)26-13-17-6-5-7-18(22(17)24(26)28)25-23(27)15-8-9-15/h5-7,10-13,15,19,28H,4,8-9,14H2,1-3H3,(H,25,27). The SMILES string of the molecule is CCOc1cc(C(CS(C)(=O)=O)n2cc3cccc(NC(=O)C4CC4)c3c2O)ccc1OC. The van der Waals surface area contributed by atoms with Gasteiger partial charge >= 0.3 is 0 Å². The van der Waals surface area contributed by atoms with Gasteiger partial charge in [0.1, 0.15) is 9.84 Å². The number of hydrogen-bond donors (Lipinski definition) is 2. The van der Waals surface area contributed by atoms with E-state index >= 15 is 0 Å². The number of aromatic nitrogens is 1. The average molecular weight is 473 g/mol. The van der Waals surface area contributed by atoms with E-state index in [2.05, 4.69) is 5.32 Å². The van der Waals surface area contributed by atoms with Gasteiger partial charge in [-0.3, -0.25) is 4.79 Å². The number of rotatable bonds is 9. The van der Waals surface area contributed by atoms with Gasteiger partial charge in [-0.1, -0.05) is 18.2 Å². The number of amides is 1. The van der Waals surface area contributed by atoms with Crippen LogP contribution in [0.3, 0.4) is 0 Å². The lowest BCUT2D eigenvalue weighted by atomic mass is 10.1. The number of ether oxygens (including phenoxy) is 2. The van der Waals surface area contributed by atoms with Crippen molar-refractivity contribution < 1.29 is 27.8 Å². The van der Waals surface area contributed by atoms with Crippen LogP contribution < -0.4 is 14.8 Å². The topological polar surface area (TPSA) is 107 Å². The van der Waals surface area contributed by atoms with E-state index < -0.39 is 15.9 Å². The highest BCUT2D eigenvalue weighted by Crippen LogP contribution is 2.40. The van der Waals surface area contributed by atoms with Crippen LogP contribution >= 0.6 is 0 Å². The van der Waals surface area contributed by atoms with Crippen molar-refractivity contribution >= 4 is 32.2 Å². The predicted octanol–water partition coefficient (Wildman–Crippen LogP) is 3.74. The third-order valence-corrected chi connectivity index (χ3v) is 6.64. The fraction of sp³-hybridized carbons (Fsp3) is 0.375. The Kier molecular flexibility index (Phi) is 6.25. The molecule has 1 amide bonds. The number of methoxy groups -OCH3 is 1. The first-order valence-corrected chi connectivity index (χ1v) is 12.9. The average Bonchev–Trinajstić information content (AvgIpc) is 3.56. The van der Waals surface area contributed by atoms with Crippen LogP contribution in [0.5, 0.6) is 17.4 Å². The van der Waals surface area contributed by atoms with Gasteiger partial charge in [-0.05, 0) is 43.5 Å². The molecule has 0 saturated heterocycles. The predicted molar refractivity (Wildman–Crippen MR) is 127 cm³/mol. The van der Waals surface area contributed by atoms with Crippen molar-refractivity contribution in [2.75, 3.05) is 31.0 Å². The molecule has 1 atom stereocenters. The molecule has 1 saturated carbocycles. The van der Waals surface area contributed by atoms with Crippen LogP contribution in [-0.4, -0.2) is 49.7 Å². The molecule has 8 nitrogen and oxygen atoms in total. The lowest BCUT2D eigenvalue weighted by Crippen LogP contribution is -2.20. The maximum Gasteiger partial charge on any atom is 0.227 e.